The lowest BCUT2D eigenvalue weighted by atomic mass is 10.1. The summed E-state index contributed by atoms with van der Waals surface area (Å²) in [6.07, 6.45) is 4.18. The molecular formula is C9H20N2O2. The van der Waals surface area contributed by atoms with Crippen molar-refractivity contribution >= 4 is 6.09 Å². The maximum atomic E-state index is 10.1. The number of nitrogens with two attached hydrogens (primary N) is 1. The topological polar surface area (TPSA) is 75.3 Å². The minimum atomic E-state index is -0.940. The zero-order chi connectivity index (χ0) is 10.1. The van der Waals surface area contributed by atoms with E-state index in [1.807, 2.05) is 0 Å². The van der Waals surface area contributed by atoms with Crippen LogP contribution >= 0.6 is 0 Å². The van der Waals surface area contributed by atoms with Crippen molar-refractivity contribution in [2.24, 2.45) is 5.73 Å². The highest BCUT2D eigenvalue weighted by atomic mass is 16.4. The van der Waals surface area contributed by atoms with Gasteiger partial charge in [-0.3, -0.25) is 0 Å². The maximum absolute atomic E-state index is 10.1. The van der Waals surface area contributed by atoms with E-state index in [1.165, 1.54) is 0 Å². The van der Waals surface area contributed by atoms with E-state index in [0.29, 0.717) is 12.6 Å². The van der Waals surface area contributed by atoms with Crippen LogP contribution in [0.15, 0.2) is 0 Å². The highest BCUT2D eigenvalue weighted by Crippen LogP contribution is 2.03. The number of hydrogen-bond acceptors (Lipinski definition) is 2. The number of carboxylic acid groups (broad SMARTS) is 1. The molecule has 4 nitrogen and oxygen atoms in total. The summed E-state index contributed by atoms with van der Waals surface area (Å²) in [6.45, 7) is 2.63. The lowest BCUT2D eigenvalue weighted by Gasteiger charge is -2.07. The van der Waals surface area contributed by atoms with Gasteiger partial charge in [0, 0.05) is 12.6 Å². The molecule has 0 saturated carbocycles. The summed E-state index contributed by atoms with van der Waals surface area (Å²) in [6, 6.07) is 0.312. The summed E-state index contributed by atoms with van der Waals surface area (Å²) in [7, 11) is 0. The molecule has 0 fully saturated rings. The first kappa shape index (κ1) is 12.2. The number of unbranched alkanes of at least 4 members (excludes halogenated alkanes) is 2. The molecule has 0 aromatic heterocycles. The lowest BCUT2D eigenvalue weighted by molar-refractivity contribution is 0.194. The molecule has 0 radical (unpaired) electrons. The summed E-state index contributed by atoms with van der Waals surface area (Å²) in [5, 5.41) is 10.6. The number of nitrogens with one attached hydrogen (secondary N) is 1. The predicted molar refractivity (Wildman–Crippen MR) is 52.8 cm³/mol. The molecule has 0 spiro atoms. The first-order valence-corrected chi connectivity index (χ1v) is 4.89. The molecule has 0 aliphatic carbocycles. The Morgan fingerprint density at radius 2 is 2.15 bits per heavy atom. The fourth-order valence-electron chi connectivity index (χ4n) is 1.11. The van der Waals surface area contributed by atoms with Gasteiger partial charge in [0.2, 0.25) is 0 Å². The molecule has 78 valence electrons. The van der Waals surface area contributed by atoms with Gasteiger partial charge in [0.15, 0.2) is 0 Å². The molecule has 4 heteroatoms. The SMILES string of the molecule is CCC(N)CCCCCNC(=O)O. The summed E-state index contributed by atoms with van der Waals surface area (Å²) in [5.41, 5.74) is 5.73. The van der Waals surface area contributed by atoms with E-state index < -0.39 is 6.09 Å². The van der Waals surface area contributed by atoms with Crippen molar-refractivity contribution in [1.82, 2.24) is 5.32 Å². The third kappa shape index (κ3) is 9.14. The molecule has 1 atom stereocenters. The van der Waals surface area contributed by atoms with Crippen LogP contribution in [0.25, 0.3) is 0 Å². The van der Waals surface area contributed by atoms with Crippen LogP contribution in [-0.4, -0.2) is 23.8 Å². The van der Waals surface area contributed by atoms with Gasteiger partial charge in [0.05, 0.1) is 0 Å². The van der Waals surface area contributed by atoms with Gasteiger partial charge in [-0.2, -0.15) is 0 Å². The van der Waals surface area contributed by atoms with Crippen LogP contribution in [0.3, 0.4) is 0 Å². The summed E-state index contributed by atoms with van der Waals surface area (Å²) >= 11 is 0. The number of carbonyl (C=O) groups is 1. The van der Waals surface area contributed by atoms with E-state index >= 15 is 0 Å². The van der Waals surface area contributed by atoms with Gasteiger partial charge in [-0.1, -0.05) is 19.8 Å². The minimum Gasteiger partial charge on any atom is -0.465 e. The fourth-order valence-corrected chi connectivity index (χ4v) is 1.11. The maximum Gasteiger partial charge on any atom is 0.404 e. The average Bonchev–Trinajstić information content (AvgIpc) is 2.10. The van der Waals surface area contributed by atoms with Crippen molar-refractivity contribution in [1.29, 1.82) is 0 Å². The second-order valence-corrected chi connectivity index (χ2v) is 3.25. The zero-order valence-corrected chi connectivity index (χ0v) is 8.25. The van der Waals surface area contributed by atoms with E-state index in [9.17, 15) is 4.79 Å². The quantitative estimate of drug-likeness (QED) is 0.530. The van der Waals surface area contributed by atoms with Crippen LogP contribution in [0.4, 0.5) is 4.79 Å². The van der Waals surface area contributed by atoms with E-state index in [-0.39, 0.29) is 0 Å². The Hall–Kier alpha value is -0.770. The molecule has 0 aliphatic heterocycles. The molecule has 0 saturated heterocycles. The van der Waals surface area contributed by atoms with Crippen LogP contribution in [0.5, 0.6) is 0 Å². The molecule has 0 heterocycles. The Labute approximate surface area is 79.5 Å². The van der Waals surface area contributed by atoms with Crippen molar-refractivity contribution in [3.63, 3.8) is 0 Å². The van der Waals surface area contributed by atoms with E-state index in [4.69, 9.17) is 10.8 Å². The molecule has 13 heavy (non-hydrogen) atoms. The molecule has 0 aliphatic rings. The Morgan fingerprint density at radius 1 is 1.46 bits per heavy atom. The Kier molecular flexibility index (Phi) is 7.39. The highest BCUT2D eigenvalue weighted by molar-refractivity contribution is 5.64. The van der Waals surface area contributed by atoms with Crippen molar-refractivity contribution in [3.05, 3.63) is 0 Å². The summed E-state index contributed by atoms with van der Waals surface area (Å²) < 4.78 is 0. The van der Waals surface area contributed by atoms with Crippen LogP contribution in [-0.2, 0) is 0 Å². The van der Waals surface area contributed by atoms with Crippen LogP contribution in [0.1, 0.15) is 39.0 Å². The lowest BCUT2D eigenvalue weighted by Crippen LogP contribution is -2.22. The zero-order valence-electron chi connectivity index (χ0n) is 8.25. The first-order chi connectivity index (χ1) is 6.16. The van der Waals surface area contributed by atoms with Gasteiger partial charge in [0.1, 0.15) is 0 Å². The number of hydrogen-bond donors (Lipinski definition) is 3. The van der Waals surface area contributed by atoms with Crippen molar-refractivity contribution in [2.75, 3.05) is 6.54 Å². The molecule has 4 N–H and O–H groups in total. The third-order valence-corrected chi connectivity index (χ3v) is 2.05. The normalized spacial score (nSPS) is 12.5. The molecule has 1 unspecified atom stereocenters. The molecule has 1 amide bonds. The minimum absolute atomic E-state index is 0.312. The standard InChI is InChI=1S/C9H20N2O2/c1-2-8(10)6-4-3-5-7-11-9(12)13/h8,11H,2-7,10H2,1H3,(H,12,13). The van der Waals surface area contributed by atoms with Gasteiger partial charge < -0.3 is 16.2 Å². The number of amides is 1. The molecular weight excluding hydrogens is 168 g/mol. The van der Waals surface area contributed by atoms with Gasteiger partial charge in [-0.05, 0) is 19.3 Å². The van der Waals surface area contributed by atoms with Crippen molar-refractivity contribution in [2.45, 2.75) is 45.1 Å². The van der Waals surface area contributed by atoms with E-state index in [2.05, 4.69) is 12.2 Å². The summed E-state index contributed by atoms with van der Waals surface area (Å²) in [4.78, 5) is 10.1. The second kappa shape index (κ2) is 7.86. The number of rotatable bonds is 7. The fraction of sp³-hybridized carbons (Fsp3) is 0.889. The van der Waals surface area contributed by atoms with E-state index in [1.54, 1.807) is 0 Å². The van der Waals surface area contributed by atoms with Gasteiger partial charge >= 0.3 is 6.09 Å². The van der Waals surface area contributed by atoms with Crippen molar-refractivity contribution < 1.29 is 9.90 Å². The van der Waals surface area contributed by atoms with Gasteiger partial charge in [0.25, 0.3) is 0 Å². The Morgan fingerprint density at radius 3 is 2.69 bits per heavy atom. The highest BCUT2D eigenvalue weighted by Gasteiger charge is 1.98. The molecule has 0 aromatic carbocycles. The molecule has 0 aromatic rings. The van der Waals surface area contributed by atoms with Crippen molar-refractivity contribution in [3.8, 4) is 0 Å². The molecule has 0 rings (SSSR count). The van der Waals surface area contributed by atoms with Gasteiger partial charge in [-0.25, -0.2) is 4.79 Å². The largest absolute Gasteiger partial charge is 0.465 e. The van der Waals surface area contributed by atoms with E-state index in [0.717, 1.165) is 32.1 Å². The van der Waals surface area contributed by atoms with Crippen LogP contribution in [0.2, 0.25) is 0 Å². The van der Waals surface area contributed by atoms with Crippen LogP contribution < -0.4 is 11.1 Å². The smallest absolute Gasteiger partial charge is 0.404 e. The van der Waals surface area contributed by atoms with Crippen LogP contribution in [0, 0.1) is 0 Å². The van der Waals surface area contributed by atoms with Gasteiger partial charge in [-0.15, -0.1) is 0 Å². The summed E-state index contributed by atoms with van der Waals surface area (Å²) in [5.74, 6) is 0. The Bertz CT molecular complexity index is 140. The second-order valence-electron chi connectivity index (χ2n) is 3.25. The first-order valence-electron chi connectivity index (χ1n) is 4.89. The monoisotopic (exact) mass is 188 g/mol. The Balaban J connectivity index is 3.04. The average molecular weight is 188 g/mol. The predicted octanol–water partition coefficient (Wildman–Crippen LogP) is 1.55. The molecule has 0 bridgehead atoms. The third-order valence-electron chi connectivity index (χ3n) is 2.05.